The molecule has 1 aromatic rings. The Morgan fingerprint density at radius 1 is 1.50 bits per heavy atom. The summed E-state index contributed by atoms with van der Waals surface area (Å²) in [5.41, 5.74) is 0.784. The van der Waals surface area contributed by atoms with E-state index in [-0.39, 0.29) is 11.5 Å². The fourth-order valence-electron chi connectivity index (χ4n) is 1.31. The van der Waals surface area contributed by atoms with Crippen molar-refractivity contribution in [2.75, 3.05) is 12.0 Å². The van der Waals surface area contributed by atoms with Gasteiger partial charge in [-0.3, -0.25) is 4.79 Å². The van der Waals surface area contributed by atoms with Gasteiger partial charge in [0.05, 0.1) is 16.5 Å². The third-order valence-corrected chi connectivity index (χ3v) is 3.87. The summed E-state index contributed by atoms with van der Waals surface area (Å²) in [6, 6.07) is 0. The number of carbonyl (C=O) groups excluding carboxylic acids is 1. The summed E-state index contributed by atoms with van der Waals surface area (Å²) in [6.45, 7) is 1.89. The average molecular weight is 261 g/mol. The number of rotatable bonds is 6. The molecule has 0 N–H and O–H groups in total. The Labute approximate surface area is 99.6 Å². The highest BCUT2D eigenvalue weighted by Gasteiger charge is 2.08. The van der Waals surface area contributed by atoms with Crippen molar-refractivity contribution in [2.24, 2.45) is 0 Å². The van der Waals surface area contributed by atoms with Gasteiger partial charge in [0.25, 0.3) is 0 Å². The number of aromatic nitrogens is 1. The number of thiazole rings is 1. The summed E-state index contributed by atoms with van der Waals surface area (Å²) < 4.78 is 21.7. The lowest BCUT2D eigenvalue weighted by Gasteiger charge is -1.98. The van der Waals surface area contributed by atoms with Crippen molar-refractivity contribution >= 4 is 27.0 Å². The third kappa shape index (κ3) is 5.37. The molecule has 0 bridgehead atoms. The van der Waals surface area contributed by atoms with Crippen LogP contribution in [0.5, 0.6) is 0 Å². The van der Waals surface area contributed by atoms with Gasteiger partial charge in [0.15, 0.2) is 0 Å². The van der Waals surface area contributed by atoms with Crippen LogP contribution in [0.25, 0.3) is 0 Å². The number of aryl methyl sites for hydroxylation is 1. The lowest BCUT2D eigenvalue weighted by molar-refractivity contribution is -0.118. The van der Waals surface area contributed by atoms with Crippen LogP contribution in [-0.2, 0) is 21.1 Å². The summed E-state index contributed by atoms with van der Waals surface area (Å²) in [7, 11) is -2.95. The van der Waals surface area contributed by atoms with E-state index in [1.807, 2.05) is 12.3 Å². The van der Waals surface area contributed by atoms with Crippen LogP contribution < -0.4 is 0 Å². The monoisotopic (exact) mass is 261 g/mol. The third-order valence-electron chi connectivity index (χ3n) is 2.02. The molecule has 1 aromatic heterocycles. The number of nitrogens with zero attached hydrogens (tertiary/aromatic N) is 1. The Morgan fingerprint density at radius 2 is 2.19 bits per heavy atom. The molecule has 6 heteroatoms. The Bertz CT molecular complexity index is 462. The zero-order chi connectivity index (χ0) is 12.2. The topological polar surface area (TPSA) is 64.1 Å². The molecule has 0 aliphatic carbocycles. The van der Waals surface area contributed by atoms with Crippen molar-refractivity contribution in [3.8, 4) is 0 Å². The first-order valence-electron chi connectivity index (χ1n) is 4.97. The highest BCUT2D eigenvalue weighted by Crippen LogP contribution is 2.10. The molecular formula is C10H15NO3S2. The van der Waals surface area contributed by atoms with E-state index in [0.29, 0.717) is 19.3 Å². The minimum absolute atomic E-state index is 0.0500. The fraction of sp³-hybridized carbons (Fsp3) is 0.600. The largest absolute Gasteiger partial charge is 0.299 e. The van der Waals surface area contributed by atoms with Crippen molar-refractivity contribution in [2.45, 2.75) is 26.2 Å². The van der Waals surface area contributed by atoms with E-state index in [4.69, 9.17) is 0 Å². The molecule has 0 aromatic carbocycles. The quantitative estimate of drug-likeness (QED) is 0.776. The van der Waals surface area contributed by atoms with Crippen LogP contribution in [0.3, 0.4) is 0 Å². The van der Waals surface area contributed by atoms with Gasteiger partial charge in [-0.2, -0.15) is 0 Å². The molecule has 0 saturated carbocycles. The summed E-state index contributed by atoms with van der Waals surface area (Å²) >= 11 is 1.52. The molecule has 4 nitrogen and oxygen atoms in total. The van der Waals surface area contributed by atoms with Gasteiger partial charge in [-0.15, -0.1) is 11.3 Å². The van der Waals surface area contributed by atoms with Gasteiger partial charge in [-0.25, -0.2) is 13.4 Å². The molecule has 0 atom stereocenters. The van der Waals surface area contributed by atoms with Gasteiger partial charge >= 0.3 is 0 Å². The van der Waals surface area contributed by atoms with Gasteiger partial charge in [0.1, 0.15) is 15.6 Å². The van der Waals surface area contributed by atoms with Crippen molar-refractivity contribution in [3.05, 3.63) is 16.1 Å². The van der Waals surface area contributed by atoms with E-state index in [1.165, 1.54) is 17.6 Å². The van der Waals surface area contributed by atoms with Gasteiger partial charge < -0.3 is 0 Å². The van der Waals surface area contributed by atoms with Crippen LogP contribution in [0.2, 0.25) is 0 Å². The molecule has 0 saturated heterocycles. The minimum atomic E-state index is -2.95. The lowest BCUT2D eigenvalue weighted by Crippen LogP contribution is -2.08. The van der Waals surface area contributed by atoms with E-state index in [0.717, 1.165) is 10.7 Å². The second-order valence-corrected chi connectivity index (χ2v) is 7.13. The van der Waals surface area contributed by atoms with Crippen LogP contribution in [0.15, 0.2) is 5.38 Å². The average Bonchev–Trinajstić information content (AvgIpc) is 2.48. The molecule has 0 amide bonds. The van der Waals surface area contributed by atoms with Crippen molar-refractivity contribution in [1.82, 2.24) is 4.98 Å². The van der Waals surface area contributed by atoms with E-state index in [2.05, 4.69) is 4.98 Å². The Morgan fingerprint density at radius 3 is 2.69 bits per heavy atom. The minimum Gasteiger partial charge on any atom is -0.299 e. The second-order valence-electron chi connectivity index (χ2n) is 3.81. The van der Waals surface area contributed by atoms with Gasteiger partial charge in [0, 0.05) is 24.5 Å². The van der Waals surface area contributed by atoms with Gasteiger partial charge in [0.2, 0.25) is 0 Å². The van der Waals surface area contributed by atoms with E-state index < -0.39 is 9.84 Å². The zero-order valence-corrected chi connectivity index (χ0v) is 11.0. The number of sulfone groups is 1. The van der Waals surface area contributed by atoms with Crippen LogP contribution in [0.4, 0.5) is 0 Å². The maximum Gasteiger partial charge on any atom is 0.147 e. The zero-order valence-electron chi connectivity index (χ0n) is 9.39. The number of hydrogen-bond acceptors (Lipinski definition) is 5. The van der Waals surface area contributed by atoms with Crippen LogP contribution in [0, 0.1) is 6.92 Å². The summed E-state index contributed by atoms with van der Waals surface area (Å²) in [5.74, 6) is 0.128. The lowest BCUT2D eigenvalue weighted by atomic mass is 10.1. The predicted octanol–water partition coefficient (Wildman–Crippen LogP) is 1.39. The molecule has 90 valence electrons. The molecule has 0 unspecified atom stereocenters. The van der Waals surface area contributed by atoms with Gasteiger partial charge in [-0.05, 0) is 13.3 Å². The maximum absolute atomic E-state index is 11.5. The molecular weight excluding hydrogens is 246 g/mol. The van der Waals surface area contributed by atoms with E-state index >= 15 is 0 Å². The first kappa shape index (κ1) is 13.3. The standard InChI is InChI=1S/C10H15NO3S2/c1-8-11-9(7-15-8)6-10(12)4-3-5-16(2,13)14/h7H,3-6H2,1-2H3. The number of Topliss-reactive ketones (excluding diaryl/α,β-unsaturated/α-hetero) is 1. The van der Waals surface area contributed by atoms with Crippen LogP contribution in [0.1, 0.15) is 23.5 Å². The molecule has 0 fully saturated rings. The molecule has 0 aliphatic rings. The normalized spacial score (nSPS) is 11.6. The highest BCUT2D eigenvalue weighted by atomic mass is 32.2. The Kier molecular flexibility index (Phi) is 4.61. The summed E-state index contributed by atoms with van der Waals surface area (Å²) in [6.07, 6.45) is 2.21. The van der Waals surface area contributed by atoms with E-state index in [9.17, 15) is 13.2 Å². The maximum atomic E-state index is 11.5. The second kappa shape index (κ2) is 5.54. The number of ketones is 1. The van der Waals surface area contributed by atoms with Crippen molar-refractivity contribution in [3.63, 3.8) is 0 Å². The smallest absolute Gasteiger partial charge is 0.147 e. The van der Waals surface area contributed by atoms with Gasteiger partial charge in [-0.1, -0.05) is 0 Å². The van der Waals surface area contributed by atoms with E-state index in [1.54, 1.807) is 0 Å². The summed E-state index contributed by atoms with van der Waals surface area (Å²) in [4.78, 5) is 15.7. The first-order chi connectivity index (χ1) is 7.37. The predicted molar refractivity (Wildman–Crippen MR) is 64.5 cm³/mol. The molecule has 1 rings (SSSR count). The molecule has 16 heavy (non-hydrogen) atoms. The SMILES string of the molecule is Cc1nc(CC(=O)CCCS(C)(=O)=O)cs1. The highest BCUT2D eigenvalue weighted by molar-refractivity contribution is 7.90. The fourth-order valence-corrected chi connectivity index (χ4v) is 2.59. The molecule has 0 spiro atoms. The van der Waals surface area contributed by atoms with Crippen molar-refractivity contribution < 1.29 is 13.2 Å². The van der Waals surface area contributed by atoms with Crippen LogP contribution >= 0.6 is 11.3 Å². The molecule has 0 aliphatic heterocycles. The van der Waals surface area contributed by atoms with Crippen LogP contribution in [-0.4, -0.2) is 31.2 Å². The Hall–Kier alpha value is -0.750. The Balaban J connectivity index is 2.32. The number of hydrogen-bond donors (Lipinski definition) is 0. The molecule has 1 heterocycles. The first-order valence-corrected chi connectivity index (χ1v) is 7.91. The van der Waals surface area contributed by atoms with Crippen molar-refractivity contribution in [1.29, 1.82) is 0 Å². The number of carbonyl (C=O) groups is 1. The molecule has 0 radical (unpaired) electrons. The summed E-state index contributed by atoms with van der Waals surface area (Å²) in [5, 5.41) is 2.81.